The van der Waals surface area contributed by atoms with Gasteiger partial charge in [-0.3, -0.25) is 9.78 Å². The van der Waals surface area contributed by atoms with Gasteiger partial charge in [-0.25, -0.2) is 4.98 Å². The molecule has 0 unspecified atom stereocenters. The van der Waals surface area contributed by atoms with Crippen molar-refractivity contribution < 1.29 is 0 Å². The van der Waals surface area contributed by atoms with E-state index in [2.05, 4.69) is 15.0 Å². The van der Waals surface area contributed by atoms with Gasteiger partial charge >= 0.3 is 0 Å². The largest absolute Gasteiger partial charge is 0.326 e. The molecule has 2 aromatic heterocycles. The summed E-state index contributed by atoms with van der Waals surface area (Å²) >= 11 is 0. The van der Waals surface area contributed by atoms with Crippen LogP contribution in [-0.2, 0) is 6.54 Å². The van der Waals surface area contributed by atoms with Gasteiger partial charge in [-0.15, -0.1) is 0 Å². The monoisotopic (exact) mass is 202 g/mol. The molecular formula is C10H10N4O. The Labute approximate surface area is 86.0 Å². The van der Waals surface area contributed by atoms with Gasteiger partial charge in [-0.05, 0) is 12.1 Å². The fourth-order valence-electron chi connectivity index (χ4n) is 1.20. The molecule has 3 N–H and O–H groups in total. The average molecular weight is 202 g/mol. The van der Waals surface area contributed by atoms with Gasteiger partial charge in [0.2, 0.25) is 0 Å². The molecule has 0 spiro atoms. The maximum absolute atomic E-state index is 11.4. The molecule has 0 aliphatic carbocycles. The van der Waals surface area contributed by atoms with E-state index >= 15 is 0 Å². The van der Waals surface area contributed by atoms with Crippen LogP contribution in [0, 0.1) is 0 Å². The Morgan fingerprint density at radius 3 is 2.80 bits per heavy atom. The summed E-state index contributed by atoms with van der Waals surface area (Å²) in [5.74, 6) is 0.456. The van der Waals surface area contributed by atoms with Crippen molar-refractivity contribution in [1.29, 1.82) is 0 Å². The van der Waals surface area contributed by atoms with Gasteiger partial charge in [0.05, 0.1) is 0 Å². The molecule has 2 rings (SSSR count). The molecule has 76 valence electrons. The quantitative estimate of drug-likeness (QED) is 0.733. The number of rotatable bonds is 2. The van der Waals surface area contributed by atoms with E-state index in [4.69, 9.17) is 5.73 Å². The van der Waals surface area contributed by atoms with Crippen molar-refractivity contribution in [3.63, 3.8) is 0 Å². The molecule has 15 heavy (non-hydrogen) atoms. The first-order chi connectivity index (χ1) is 7.31. The molecule has 0 atom stereocenters. The van der Waals surface area contributed by atoms with E-state index in [9.17, 15) is 4.79 Å². The molecule has 0 bridgehead atoms. The summed E-state index contributed by atoms with van der Waals surface area (Å²) in [6.07, 6.45) is 3.12. The van der Waals surface area contributed by atoms with E-state index in [1.54, 1.807) is 18.3 Å². The van der Waals surface area contributed by atoms with Crippen LogP contribution in [-0.4, -0.2) is 15.0 Å². The predicted molar refractivity (Wildman–Crippen MR) is 56.0 cm³/mol. The SMILES string of the molecule is NCc1cnc(-c2ccccn2)[nH]c1=O. The van der Waals surface area contributed by atoms with Gasteiger partial charge in [-0.1, -0.05) is 6.07 Å². The van der Waals surface area contributed by atoms with Crippen molar-refractivity contribution in [3.8, 4) is 11.5 Å². The second-order valence-corrected chi connectivity index (χ2v) is 3.01. The molecule has 5 nitrogen and oxygen atoms in total. The molecule has 0 saturated heterocycles. The molecule has 2 heterocycles. The van der Waals surface area contributed by atoms with Gasteiger partial charge in [0.15, 0.2) is 5.82 Å². The number of pyridine rings is 1. The Kier molecular flexibility index (Phi) is 2.55. The minimum absolute atomic E-state index is 0.185. The highest BCUT2D eigenvalue weighted by molar-refractivity contribution is 5.47. The lowest BCUT2D eigenvalue weighted by Gasteiger charge is -2.00. The van der Waals surface area contributed by atoms with Gasteiger partial charge in [0.25, 0.3) is 5.56 Å². The molecule has 0 fully saturated rings. The maximum atomic E-state index is 11.4. The van der Waals surface area contributed by atoms with Crippen LogP contribution in [0.15, 0.2) is 35.4 Å². The number of hydrogen-bond acceptors (Lipinski definition) is 4. The fourth-order valence-corrected chi connectivity index (χ4v) is 1.20. The number of aromatic amines is 1. The van der Waals surface area contributed by atoms with Crippen LogP contribution in [0.25, 0.3) is 11.5 Å². The van der Waals surface area contributed by atoms with Crippen LogP contribution >= 0.6 is 0 Å². The lowest BCUT2D eigenvalue weighted by Crippen LogP contribution is -2.17. The van der Waals surface area contributed by atoms with E-state index in [-0.39, 0.29) is 12.1 Å². The van der Waals surface area contributed by atoms with Crippen molar-refractivity contribution in [1.82, 2.24) is 15.0 Å². The van der Waals surface area contributed by atoms with Gasteiger partial charge in [0.1, 0.15) is 5.69 Å². The number of hydrogen-bond donors (Lipinski definition) is 2. The Morgan fingerprint density at radius 2 is 2.20 bits per heavy atom. The summed E-state index contributed by atoms with van der Waals surface area (Å²) in [5.41, 5.74) is 6.25. The van der Waals surface area contributed by atoms with Crippen molar-refractivity contribution in [2.45, 2.75) is 6.54 Å². The van der Waals surface area contributed by atoms with E-state index in [0.717, 1.165) is 0 Å². The third kappa shape index (κ3) is 1.92. The lowest BCUT2D eigenvalue weighted by molar-refractivity contribution is 0.974. The number of aromatic nitrogens is 3. The van der Waals surface area contributed by atoms with E-state index in [1.165, 1.54) is 6.20 Å². The van der Waals surface area contributed by atoms with Crippen LogP contribution in [0.3, 0.4) is 0 Å². The highest BCUT2D eigenvalue weighted by Gasteiger charge is 2.03. The molecule has 0 radical (unpaired) electrons. The first-order valence-corrected chi connectivity index (χ1v) is 4.51. The molecular weight excluding hydrogens is 192 g/mol. The van der Waals surface area contributed by atoms with Crippen LogP contribution in [0.4, 0.5) is 0 Å². The van der Waals surface area contributed by atoms with E-state index in [1.807, 2.05) is 6.07 Å². The summed E-state index contributed by atoms with van der Waals surface area (Å²) < 4.78 is 0. The molecule has 0 aliphatic rings. The predicted octanol–water partition coefficient (Wildman–Crippen LogP) is 0.291. The molecule has 0 aliphatic heterocycles. The second kappa shape index (κ2) is 4.02. The van der Waals surface area contributed by atoms with Gasteiger partial charge in [0, 0.05) is 24.5 Å². The van der Waals surface area contributed by atoms with Crippen molar-refractivity contribution in [2.24, 2.45) is 5.73 Å². The fraction of sp³-hybridized carbons (Fsp3) is 0.100. The number of nitrogens with one attached hydrogen (secondary N) is 1. The van der Waals surface area contributed by atoms with Crippen LogP contribution in [0.5, 0.6) is 0 Å². The summed E-state index contributed by atoms with van der Waals surface area (Å²) in [6, 6.07) is 5.41. The topological polar surface area (TPSA) is 84.7 Å². The standard InChI is InChI=1S/C10H10N4O/c11-5-7-6-13-9(14-10(7)15)8-3-1-2-4-12-8/h1-4,6H,5,11H2,(H,13,14,15). The third-order valence-corrected chi connectivity index (χ3v) is 2.00. The van der Waals surface area contributed by atoms with Crippen molar-refractivity contribution in [3.05, 3.63) is 46.5 Å². The molecule has 0 aromatic carbocycles. The Morgan fingerprint density at radius 1 is 1.33 bits per heavy atom. The minimum atomic E-state index is -0.215. The van der Waals surface area contributed by atoms with Crippen LogP contribution < -0.4 is 11.3 Å². The second-order valence-electron chi connectivity index (χ2n) is 3.01. The number of nitrogens with two attached hydrogens (primary N) is 1. The highest BCUT2D eigenvalue weighted by Crippen LogP contribution is 2.07. The van der Waals surface area contributed by atoms with E-state index in [0.29, 0.717) is 17.1 Å². The molecule has 0 amide bonds. The smallest absolute Gasteiger partial charge is 0.255 e. The summed E-state index contributed by atoms with van der Waals surface area (Å²) in [4.78, 5) is 22.2. The summed E-state index contributed by atoms with van der Waals surface area (Å²) in [5, 5.41) is 0. The van der Waals surface area contributed by atoms with Crippen LogP contribution in [0.1, 0.15) is 5.56 Å². The van der Waals surface area contributed by atoms with Crippen molar-refractivity contribution in [2.75, 3.05) is 0 Å². The normalized spacial score (nSPS) is 10.2. The number of H-pyrrole nitrogens is 1. The third-order valence-electron chi connectivity index (χ3n) is 2.00. The Balaban J connectivity index is 2.48. The summed E-state index contributed by atoms with van der Waals surface area (Å²) in [6.45, 7) is 0.185. The zero-order chi connectivity index (χ0) is 10.7. The number of nitrogens with zero attached hydrogens (tertiary/aromatic N) is 2. The van der Waals surface area contributed by atoms with Crippen LogP contribution in [0.2, 0.25) is 0 Å². The average Bonchev–Trinajstić information content (AvgIpc) is 2.30. The zero-order valence-corrected chi connectivity index (χ0v) is 7.97. The highest BCUT2D eigenvalue weighted by atomic mass is 16.1. The maximum Gasteiger partial charge on any atom is 0.255 e. The summed E-state index contributed by atoms with van der Waals surface area (Å²) in [7, 11) is 0. The van der Waals surface area contributed by atoms with Crippen molar-refractivity contribution >= 4 is 0 Å². The molecule has 2 aromatic rings. The zero-order valence-electron chi connectivity index (χ0n) is 7.97. The first kappa shape index (κ1) is 9.54. The molecule has 0 saturated carbocycles. The Bertz CT molecular complexity index is 506. The van der Waals surface area contributed by atoms with Gasteiger partial charge < -0.3 is 10.7 Å². The lowest BCUT2D eigenvalue weighted by atomic mass is 10.3. The van der Waals surface area contributed by atoms with Gasteiger partial charge in [-0.2, -0.15) is 0 Å². The Hall–Kier alpha value is -2.01. The molecule has 5 heteroatoms. The first-order valence-electron chi connectivity index (χ1n) is 4.51. The minimum Gasteiger partial charge on any atom is -0.326 e. The van der Waals surface area contributed by atoms with E-state index < -0.39 is 0 Å².